The van der Waals surface area contributed by atoms with Gasteiger partial charge in [-0.2, -0.15) is 0 Å². The third kappa shape index (κ3) is 7.17. The predicted octanol–water partition coefficient (Wildman–Crippen LogP) is 3.49. The molecule has 0 heterocycles. The van der Waals surface area contributed by atoms with Gasteiger partial charge in [0.05, 0.1) is 6.10 Å². The molecule has 0 aliphatic heterocycles. The largest absolute Gasteiger partial charge is 0.387 e. The molecule has 3 N–H and O–H groups in total. The first-order valence-electron chi connectivity index (χ1n) is 8.98. The predicted molar refractivity (Wildman–Crippen MR) is 108 cm³/mol. The Labute approximate surface area is 160 Å². The number of carbonyl (C=O) groups excluding carboxylic acids is 2. The highest BCUT2D eigenvalue weighted by Crippen LogP contribution is 2.13. The van der Waals surface area contributed by atoms with Gasteiger partial charge in [-0.3, -0.25) is 9.59 Å². The molecular weight excluding hydrogens is 340 g/mol. The Hall–Kier alpha value is -2.76. The SMILES string of the molecule is CC(C)=CC(=O)Nc1cccc(C(=O)CCNCC(O)c2ccccc2)c1. The quantitative estimate of drug-likeness (QED) is 0.361. The van der Waals surface area contributed by atoms with Gasteiger partial charge in [0.1, 0.15) is 0 Å². The van der Waals surface area contributed by atoms with Gasteiger partial charge in [-0.25, -0.2) is 0 Å². The summed E-state index contributed by atoms with van der Waals surface area (Å²) in [6, 6.07) is 16.3. The monoisotopic (exact) mass is 366 g/mol. The highest BCUT2D eigenvalue weighted by Gasteiger charge is 2.09. The molecule has 0 aliphatic carbocycles. The number of Topliss-reactive ketones (excluding diaryl/α,β-unsaturated/α-hetero) is 1. The van der Waals surface area contributed by atoms with E-state index in [-0.39, 0.29) is 11.7 Å². The molecule has 0 radical (unpaired) electrons. The van der Waals surface area contributed by atoms with Gasteiger partial charge in [-0.05, 0) is 31.5 Å². The van der Waals surface area contributed by atoms with Gasteiger partial charge in [0.25, 0.3) is 0 Å². The molecule has 5 nitrogen and oxygen atoms in total. The molecule has 2 aromatic rings. The zero-order valence-electron chi connectivity index (χ0n) is 15.7. The van der Waals surface area contributed by atoms with Crippen LogP contribution >= 0.6 is 0 Å². The molecule has 142 valence electrons. The van der Waals surface area contributed by atoms with E-state index in [1.807, 2.05) is 44.2 Å². The van der Waals surface area contributed by atoms with Gasteiger partial charge in [0, 0.05) is 36.8 Å². The lowest BCUT2D eigenvalue weighted by Crippen LogP contribution is -2.24. The topological polar surface area (TPSA) is 78.4 Å². The van der Waals surface area contributed by atoms with Crippen LogP contribution in [0.4, 0.5) is 5.69 Å². The lowest BCUT2D eigenvalue weighted by molar-refractivity contribution is -0.111. The zero-order chi connectivity index (χ0) is 19.6. The van der Waals surface area contributed by atoms with Crippen LogP contribution in [-0.4, -0.2) is 29.9 Å². The van der Waals surface area contributed by atoms with E-state index in [0.717, 1.165) is 11.1 Å². The number of benzene rings is 2. The number of hydrogen-bond donors (Lipinski definition) is 3. The molecule has 0 fully saturated rings. The molecule has 1 atom stereocenters. The Morgan fingerprint density at radius 2 is 1.81 bits per heavy atom. The van der Waals surface area contributed by atoms with Gasteiger partial charge in [-0.1, -0.05) is 48.0 Å². The maximum atomic E-state index is 12.3. The average molecular weight is 366 g/mol. The Morgan fingerprint density at radius 3 is 2.52 bits per heavy atom. The van der Waals surface area contributed by atoms with Crippen molar-refractivity contribution in [2.24, 2.45) is 0 Å². The van der Waals surface area contributed by atoms with E-state index in [9.17, 15) is 14.7 Å². The standard InChI is InChI=1S/C22H26N2O3/c1-16(2)13-22(27)24-19-10-6-9-18(14-19)20(25)11-12-23-15-21(26)17-7-4-3-5-8-17/h3-10,13-14,21,23,26H,11-12,15H2,1-2H3,(H,24,27). The molecule has 5 heteroatoms. The number of allylic oxidation sites excluding steroid dienone is 1. The van der Waals surface area contributed by atoms with Crippen molar-refractivity contribution in [1.82, 2.24) is 5.32 Å². The first kappa shape index (κ1) is 20.6. The van der Waals surface area contributed by atoms with Crippen molar-refractivity contribution in [3.8, 4) is 0 Å². The summed E-state index contributed by atoms with van der Waals surface area (Å²) in [5.74, 6) is -0.230. The maximum Gasteiger partial charge on any atom is 0.248 e. The van der Waals surface area contributed by atoms with Crippen molar-refractivity contribution >= 4 is 17.4 Å². The van der Waals surface area contributed by atoms with Gasteiger partial charge in [0.15, 0.2) is 5.78 Å². The fraction of sp³-hybridized carbons (Fsp3) is 0.273. The summed E-state index contributed by atoms with van der Waals surface area (Å²) in [7, 11) is 0. The third-order valence-corrected chi connectivity index (χ3v) is 3.92. The molecule has 0 saturated carbocycles. The van der Waals surface area contributed by atoms with Crippen LogP contribution in [0.3, 0.4) is 0 Å². The number of rotatable bonds is 9. The Kier molecular flexibility index (Phi) is 7.92. The zero-order valence-corrected chi connectivity index (χ0v) is 15.7. The lowest BCUT2D eigenvalue weighted by atomic mass is 10.1. The first-order valence-corrected chi connectivity index (χ1v) is 8.98. The molecule has 0 spiro atoms. The van der Waals surface area contributed by atoms with Crippen LogP contribution in [0.15, 0.2) is 66.2 Å². The normalized spacial score (nSPS) is 11.5. The van der Waals surface area contributed by atoms with Crippen molar-refractivity contribution in [3.05, 3.63) is 77.4 Å². The maximum absolute atomic E-state index is 12.3. The fourth-order valence-electron chi connectivity index (χ4n) is 2.59. The average Bonchev–Trinajstić information content (AvgIpc) is 2.65. The summed E-state index contributed by atoms with van der Waals surface area (Å²) in [4.78, 5) is 24.1. The summed E-state index contributed by atoms with van der Waals surface area (Å²) < 4.78 is 0. The molecule has 0 saturated heterocycles. The molecule has 1 amide bonds. The second kappa shape index (κ2) is 10.4. The number of carbonyl (C=O) groups is 2. The minimum absolute atomic E-state index is 0.0185. The van der Waals surface area contributed by atoms with Crippen molar-refractivity contribution < 1.29 is 14.7 Å². The molecule has 1 unspecified atom stereocenters. The Balaban J connectivity index is 1.81. The lowest BCUT2D eigenvalue weighted by Gasteiger charge is -2.12. The van der Waals surface area contributed by atoms with E-state index < -0.39 is 6.10 Å². The van der Waals surface area contributed by atoms with Gasteiger partial charge in [-0.15, -0.1) is 0 Å². The van der Waals surface area contributed by atoms with Gasteiger partial charge >= 0.3 is 0 Å². The van der Waals surface area contributed by atoms with Crippen LogP contribution in [0.1, 0.15) is 42.3 Å². The van der Waals surface area contributed by atoms with E-state index in [4.69, 9.17) is 0 Å². The number of aliphatic hydroxyl groups is 1. The summed E-state index contributed by atoms with van der Waals surface area (Å²) in [6.45, 7) is 4.55. The van der Waals surface area contributed by atoms with Crippen LogP contribution in [0.25, 0.3) is 0 Å². The first-order chi connectivity index (χ1) is 13.0. The third-order valence-electron chi connectivity index (χ3n) is 3.92. The van der Waals surface area contributed by atoms with Gasteiger partial charge in [0.2, 0.25) is 5.91 Å². The Morgan fingerprint density at radius 1 is 1.07 bits per heavy atom. The number of anilines is 1. The van der Waals surface area contributed by atoms with Crippen LogP contribution in [0.5, 0.6) is 0 Å². The van der Waals surface area contributed by atoms with Crippen LogP contribution in [0.2, 0.25) is 0 Å². The Bertz CT molecular complexity index is 796. The molecule has 0 aliphatic rings. The molecule has 0 aromatic heterocycles. The summed E-state index contributed by atoms with van der Waals surface area (Å²) in [5.41, 5.74) is 2.89. The van der Waals surface area contributed by atoms with Crippen molar-refractivity contribution in [2.45, 2.75) is 26.4 Å². The van der Waals surface area contributed by atoms with Gasteiger partial charge < -0.3 is 15.7 Å². The second-order valence-electron chi connectivity index (χ2n) is 6.60. The molecule has 27 heavy (non-hydrogen) atoms. The van der Waals surface area contributed by atoms with Crippen LogP contribution < -0.4 is 10.6 Å². The van der Waals surface area contributed by atoms with Crippen LogP contribution in [0, 0.1) is 0 Å². The molecular formula is C22H26N2O3. The van der Waals surface area contributed by atoms with E-state index >= 15 is 0 Å². The van der Waals surface area contributed by atoms with Crippen molar-refractivity contribution in [1.29, 1.82) is 0 Å². The number of aliphatic hydroxyl groups excluding tert-OH is 1. The molecule has 2 rings (SSSR count). The highest BCUT2D eigenvalue weighted by atomic mass is 16.3. The summed E-state index contributed by atoms with van der Waals surface area (Å²) in [6.07, 6.45) is 1.22. The minimum atomic E-state index is -0.602. The molecule has 2 aromatic carbocycles. The fourth-order valence-corrected chi connectivity index (χ4v) is 2.59. The van der Waals surface area contributed by atoms with E-state index in [1.165, 1.54) is 6.08 Å². The van der Waals surface area contributed by atoms with Crippen LogP contribution in [-0.2, 0) is 4.79 Å². The smallest absolute Gasteiger partial charge is 0.248 e. The molecule has 0 bridgehead atoms. The van der Waals surface area contributed by atoms with E-state index in [2.05, 4.69) is 10.6 Å². The number of amides is 1. The van der Waals surface area contributed by atoms with E-state index in [0.29, 0.717) is 30.8 Å². The number of ketones is 1. The minimum Gasteiger partial charge on any atom is -0.387 e. The van der Waals surface area contributed by atoms with Crippen molar-refractivity contribution in [2.75, 3.05) is 18.4 Å². The number of nitrogens with one attached hydrogen (secondary N) is 2. The summed E-state index contributed by atoms with van der Waals surface area (Å²) >= 11 is 0. The highest BCUT2D eigenvalue weighted by molar-refractivity contribution is 6.01. The van der Waals surface area contributed by atoms with E-state index in [1.54, 1.807) is 24.3 Å². The number of hydrogen-bond acceptors (Lipinski definition) is 4. The second-order valence-corrected chi connectivity index (χ2v) is 6.60. The summed E-state index contributed by atoms with van der Waals surface area (Å²) in [5, 5.41) is 16.0. The van der Waals surface area contributed by atoms with Crippen molar-refractivity contribution in [3.63, 3.8) is 0 Å².